The summed E-state index contributed by atoms with van der Waals surface area (Å²) in [6, 6.07) is 8.02. The van der Waals surface area contributed by atoms with Crippen LogP contribution >= 0.6 is 12.2 Å². The first-order valence-corrected chi connectivity index (χ1v) is 8.40. The van der Waals surface area contributed by atoms with Crippen molar-refractivity contribution in [2.45, 2.75) is 40.3 Å². The summed E-state index contributed by atoms with van der Waals surface area (Å²) in [6.07, 6.45) is 3.74. The van der Waals surface area contributed by atoms with Crippen molar-refractivity contribution in [1.82, 2.24) is 15.1 Å². The van der Waals surface area contributed by atoms with Crippen molar-refractivity contribution in [2.24, 2.45) is 5.41 Å². The Labute approximate surface area is 149 Å². The molecule has 130 valence electrons. The van der Waals surface area contributed by atoms with E-state index < -0.39 is 0 Å². The SMILES string of the molecule is COc1ccc(C)cc1NC(=S)NC(Cn1cccn1)C(C)(C)C. The first-order chi connectivity index (χ1) is 11.3. The summed E-state index contributed by atoms with van der Waals surface area (Å²) < 4.78 is 7.31. The van der Waals surface area contributed by atoms with Crippen molar-refractivity contribution in [2.75, 3.05) is 12.4 Å². The fraction of sp³-hybridized carbons (Fsp3) is 0.444. The van der Waals surface area contributed by atoms with Crippen LogP contribution in [0.3, 0.4) is 0 Å². The number of aryl methyl sites for hydroxylation is 1. The van der Waals surface area contributed by atoms with Gasteiger partial charge in [-0.15, -0.1) is 0 Å². The summed E-state index contributed by atoms with van der Waals surface area (Å²) in [5.41, 5.74) is 2.03. The molecule has 0 fully saturated rings. The Bertz CT molecular complexity index is 677. The second-order valence-corrected chi connectivity index (χ2v) is 7.36. The molecule has 0 saturated carbocycles. The molecular formula is C18H26N4OS. The summed E-state index contributed by atoms with van der Waals surface area (Å²) >= 11 is 5.52. The van der Waals surface area contributed by atoms with Gasteiger partial charge in [-0.2, -0.15) is 5.10 Å². The largest absolute Gasteiger partial charge is 0.495 e. The fourth-order valence-electron chi connectivity index (χ4n) is 2.37. The summed E-state index contributed by atoms with van der Waals surface area (Å²) in [5.74, 6) is 0.768. The molecule has 0 aliphatic heterocycles. The second-order valence-electron chi connectivity index (χ2n) is 6.95. The van der Waals surface area contributed by atoms with E-state index in [1.165, 1.54) is 0 Å². The molecule has 0 spiro atoms. The Morgan fingerprint density at radius 2 is 2.12 bits per heavy atom. The Balaban J connectivity index is 2.09. The zero-order valence-corrected chi connectivity index (χ0v) is 15.8. The molecule has 2 N–H and O–H groups in total. The lowest BCUT2D eigenvalue weighted by Gasteiger charge is -2.32. The molecule has 0 aliphatic carbocycles. The summed E-state index contributed by atoms with van der Waals surface area (Å²) in [6.45, 7) is 9.33. The highest BCUT2D eigenvalue weighted by atomic mass is 32.1. The van der Waals surface area contributed by atoms with Gasteiger partial charge in [-0.25, -0.2) is 0 Å². The number of methoxy groups -OCH3 is 1. The molecule has 1 atom stereocenters. The van der Waals surface area contributed by atoms with Crippen LogP contribution in [-0.2, 0) is 6.54 Å². The number of hydrogen-bond acceptors (Lipinski definition) is 3. The van der Waals surface area contributed by atoms with E-state index in [9.17, 15) is 0 Å². The first kappa shape index (κ1) is 18.3. The molecule has 0 amide bonds. The van der Waals surface area contributed by atoms with E-state index in [4.69, 9.17) is 17.0 Å². The van der Waals surface area contributed by atoms with Gasteiger partial charge in [0.05, 0.1) is 25.4 Å². The Kier molecular flexibility index (Phi) is 5.83. The van der Waals surface area contributed by atoms with E-state index in [-0.39, 0.29) is 11.5 Å². The second kappa shape index (κ2) is 7.66. The van der Waals surface area contributed by atoms with Crippen LogP contribution in [0.5, 0.6) is 5.75 Å². The van der Waals surface area contributed by atoms with Crippen LogP contribution in [0.15, 0.2) is 36.7 Å². The number of benzene rings is 1. The fourth-order valence-corrected chi connectivity index (χ4v) is 2.62. The molecule has 2 aromatic rings. The van der Waals surface area contributed by atoms with E-state index in [2.05, 4.69) is 36.5 Å². The minimum Gasteiger partial charge on any atom is -0.495 e. The van der Waals surface area contributed by atoms with E-state index in [0.29, 0.717) is 5.11 Å². The minimum absolute atomic E-state index is 0.0222. The van der Waals surface area contributed by atoms with Gasteiger partial charge in [0.1, 0.15) is 5.75 Å². The van der Waals surface area contributed by atoms with Crippen LogP contribution in [-0.4, -0.2) is 28.0 Å². The number of rotatable bonds is 5. The van der Waals surface area contributed by atoms with Crippen LogP contribution in [0.2, 0.25) is 0 Å². The van der Waals surface area contributed by atoms with Crippen LogP contribution < -0.4 is 15.4 Å². The number of nitrogens with zero attached hydrogens (tertiary/aromatic N) is 2. The van der Waals surface area contributed by atoms with Crippen LogP contribution in [0.1, 0.15) is 26.3 Å². The highest BCUT2D eigenvalue weighted by Crippen LogP contribution is 2.26. The van der Waals surface area contributed by atoms with Crippen molar-refractivity contribution in [3.8, 4) is 5.75 Å². The maximum Gasteiger partial charge on any atom is 0.171 e. The molecular weight excluding hydrogens is 320 g/mol. The van der Waals surface area contributed by atoms with Crippen molar-refractivity contribution in [1.29, 1.82) is 0 Å². The maximum absolute atomic E-state index is 5.52. The highest BCUT2D eigenvalue weighted by molar-refractivity contribution is 7.80. The predicted molar refractivity (Wildman–Crippen MR) is 103 cm³/mol. The third-order valence-electron chi connectivity index (χ3n) is 3.88. The van der Waals surface area contributed by atoms with Gasteiger partial charge in [-0.3, -0.25) is 4.68 Å². The molecule has 1 aromatic heterocycles. The predicted octanol–water partition coefficient (Wildman–Crippen LogP) is 3.60. The van der Waals surface area contributed by atoms with Gasteiger partial charge in [0, 0.05) is 12.4 Å². The van der Waals surface area contributed by atoms with E-state index >= 15 is 0 Å². The Morgan fingerprint density at radius 1 is 1.38 bits per heavy atom. The van der Waals surface area contributed by atoms with Gasteiger partial charge in [-0.1, -0.05) is 26.8 Å². The van der Waals surface area contributed by atoms with E-state index in [1.54, 1.807) is 13.3 Å². The molecule has 0 aliphatic rings. The van der Waals surface area contributed by atoms with Crippen molar-refractivity contribution in [3.05, 3.63) is 42.2 Å². The number of ether oxygens (including phenoxy) is 1. The first-order valence-electron chi connectivity index (χ1n) is 7.99. The van der Waals surface area contributed by atoms with Gasteiger partial charge in [0.2, 0.25) is 0 Å². The third kappa shape index (κ3) is 4.96. The zero-order valence-electron chi connectivity index (χ0n) is 15.0. The summed E-state index contributed by atoms with van der Waals surface area (Å²) in [7, 11) is 1.65. The summed E-state index contributed by atoms with van der Waals surface area (Å²) in [4.78, 5) is 0. The molecule has 2 rings (SSSR count). The normalized spacial score (nSPS) is 12.5. The van der Waals surface area contributed by atoms with E-state index in [0.717, 1.165) is 23.5 Å². The number of thiocarbonyl (C=S) groups is 1. The average molecular weight is 347 g/mol. The molecule has 0 bridgehead atoms. The van der Waals surface area contributed by atoms with Gasteiger partial charge in [-0.05, 0) is 48.3 Å². The monoisotopic (exact) mass is 346 g/mol. The molecule has 6 heteroatoms. The topological polar surface area (TPSA) is 51.1 Å². The molecule has 0 radical (unpaired) electrons. The molecule has 5 nitrogen and oxygen atoms in total. The molecule has 0 saturated heterocycles. The Hall–Kier alpha value is -2.08. The number of hydrogen-bond donors (Lipinski definition) is 2. The molecule has 24 heavy (non-hydrogen) atoms. The molecule has 1 aromatic carbocycles. The zero-order chi connectivity index (χ0) is 17.7. The van der Waals surface area contributed by atoms with E-state index in [1.807, 2.05) is 42.1 Å². The average Bonchev–Trinajstić information content (AvgIpc) is 2.99. The van der Waals surface area contributed by atoms with Crippen LogP contribution in [0.25, 0.3) is 0 Å². The van der Waals surface area contributed by atoms with Gasteiger partial charge >= 0.3 is 0 Å². The smallest absolute Gasteiger partial charge is 0.171 e. The molecule has 1 unspecified atom stereocenters. The lowest BCUT2D eigenvalue weighted by Crippen LogP contribution is -2.48. The van der Waals surface area contributed by atoms with Crippen LogP contribution in [0, 0.1) is 12.3 Å². The maximum atomic E-state index is 5.52. The lowest BCUT2D eigenvalue weighted by atomic mass is 9.87. The van der Waals surface area contributed by atoms with Crippen LogP contribution in [0.4, 0.5) is 5.69 Å². The van der Waals surface area contributed by atoms with Crippen molar-refractivity contribution < 1.29 is 4.74 Å². The quantitative estimate of drug-likeness (QED) is 0.810. The summed E-state index contributed by atoms with van der Waals surface area (Å²) in [5, 5.41) is 11.5. The van der Waals surface area contributed by atoms with Crippen molar-refractivity contribution in [3.63, 3.8) is 0 Å². The number of nitrogens with one attached hydrogen (secondary N) is 2. The number of aromatic nitrogens is 2. The van der Waals surface area contributed by atoms with Gasteiger partial charge in [0.25, 0.3) is 0 Å². The standard InChI is InChI=1S/C18H26N4OS/c1-13-7-8-15(23-5)14(11-13)20-17(24)21-16(18(2,3)4)12-22-10-6-9-19-22/h6-11,16H,12H2,1-5H3,(H2,20,21,24). The number of anilines is 1. The van der Waals surface area contributed by atoms with Gasteiger partial charge < -0.3 is 15.4 Å². The third-order valence-corrected chi connectivity index (χ3v) is 4.10. The minimum atomic E-state index is 0.0222. The molecule has 1 heterocycles. The van der Waals surface area contributed by atoms with Gasteiger partial charge in [0.15, 0.2) is 5.11 Å². The highest BCUT2D eigenvalue weighted by Gasteiger charge is 2.26. The lowest BCUT2D eigenvalue weighted by molar-refractivity contribution is 0.262. The van der Waals surface area contributed by atoms with Crippen molar-refractivity contribution >= 4 is 23.0 Å². The Morgan fingerprint density at radius 3 is 2.71 bits per heavy atom.